The van der Waals surface area contributed by atoms with Crippen molar-refractivity contribution in [3.05, 3.63) is 59.0 Å². The Kier molecular flexibility index (Phi) is 6.06. The maximum absolute atomic E-state index is 12.6. The van der Waals surface area contributed by atoms with Crippen LogP contribution in [0, 0.1) is 13.8 Å². The molecule has 3 rings (SSSR count). The zero-order valence-corrected chi connectivity index (χ0v) is 16.2. The number of benzene rings is 1. The van der Waals surface area contributed by atoms with Gasteiger partial charge in [0, 0.05) is 17.9 Å². The van der Waals surface area contributed by atoms with E-state index < -0.39 is 0 Å². The van der Waals surface area contributed by atoms with E-state index in [0.29, 0.717) is 17.8 Å². The highest BCUT2D eigenvalue weighted by Gasteiger charge is 2.15. The first-order valence-corrected chi connectivity index (χ1v) is 9.40. The zero-order valence-electron chi connectivity index (χ0n) is 16.2. The van der Waals surface area contributed by atoms with Crippen molar-refractivity contribution in [3.8, 4) is 5.75 Å². The lowest BCUT2D eigenvalue weighted by molar-refractivity contribution is 0.0952. The number of carbonyl (C=O) groups is 1. The van der Waals surface area contributed by atoms with Crippen LogP contribution < -0.4 is 10.1 Å². The van der Waals surface area contributed by atoms with Crippen LogP contribution in [0.2, 0.25) is 0 Å². The smallest absolute Gasteiger partial charge is 0.257 e. The molecule has 0 unspecified atom stereocenters. The van der Waals surface area contributed by atoms with E-state index in [2.05, 4.69) is 22.3 Å². The molecule has 6 heteroatoms. The van der Waals surface area contributed by atoms with Crippen molar-refractivity contribution in [1.29, 1.82) is 0 Å². The number of rotatable bonds is 8. The summed E-state index contributed by atoms with van der Waals surface area (Å²) in [6.07, 6.45) is 5.00. The molecule has 1 aromatic carbocycles. The van der Waals surface area contributed by atoms with Gasteiger partial charge in [0.1, 0.15) is 11.3 Å². The second-order valence-electron chi connectivity index (χ2n) is 6.71. The first-order valence-electron chi connectivity index (χ1n) is 9.40. The number of hydrogen-bond acceptors (Lipinski definition) is 4. The minimum absolute atomic E-state index is 0.178. The lowest BCUT2D eigenvalue weighted by Gasteiger charge is -2.08. The summed E-state index contributed by atoms with van der Waals surface area (Å²) in [5, 5.41) is 7.20. The number of carbonyl (C=O) groups excluding carboxylic acids is 1. The van der Waals surface area contributed by atoms with Crippen LogP contribution in [0.3, 0.4) is 0 Å². The second-order valence-corrected chi connectivity index (χ2v) is 6.71. The van der Waals surface area contributed by atoms with Crippen LogP contribution in [0.1, 0.15) is 53.5 Å². The summed E-state index contributed by atoms with van der Waals surface area (Å²) in [7, 11) is 0. The van der Waals surface area contributed by atoms with E-state index in [9.17, 15) is 4.79 Å². The molecular weight excluding hydrogens is 340 g/mol. The number of nitrogens with one attached hydrogen (secondary N) is 1. The molecule has 0 fully saturated rings. The average Bonchev–Trinajstić information content (AvgIpc) is 3.08. The van der Waals surface area contributed by atoms with Crippen LogP contribution >= 0.6 is 0 Å². The fourth-order valence-electron chi connectivity index (χ4n) is 2.95. The van der Waals surface area contributed by atoms with E-state index in [1.807, 2.05) is 44.2 Å². The fraction of sp³-hybridized carbons (Fsp3) is 0.381. The number of aromatic nitrogens is 3. The Bertz CT molecular complexity index is 916. The van der Waals surface area contributed by atoms with Gasteiger partial charge in [-0.2, -0.15) is 5.10 Å². The van der Waals surface area contributed by atoms with Gasteiger partial charge in [0.2, 0.25) is 0 Å². The van der Waals surface area contributed by atoms with E-state index in [1.54, 1.807) is 10.7 Å². The Morgan fingerprint density at radius 1 is 1.19 bits per heavy atom. The van der Waals surface area contributed by atoms with E-state index in [4.69, 9.17) is 4.74 Å². The van der Waals surface area contributed by atoms with Crippen LogP contribution in [0.15, 0.2) is 36.5 Å². The quantitative estimate of drug-likeness (QED) is 0.615. The predicted molar refractivity (Wildman–Crippen MR) is 105 cm³/mol. The number of hydrogen-bond donors (Lipinski definition) is 1. The average molecular weight is 366 g/mol. The normalized spacial score (nSPS) is 10.9. The summed E-state index contributed by atoms with van der Waals surface area (Å²) in [5.41, 5.74) is 3.90. The molecule has 0 bridgehead atoms. The number of fused-ring (bicyclic) bond motifs is 1. The lowest BCUT2D eigenvalue weighted by atomic mass is 10.2. The molecule has 2 aromatic heterocycles. The van der Waals surface area contributed by atoms with E-state index >= 15 is 0 Å². The van der Waals surface area contributed by atoms with Gasteiger partial charge < -0.3 is 10.1 Å². The Morgan fingerprint density at radius 2 is 1.96 bits per heavy atom. The molecule has 142 valence electrons. The van der Waals surface area contributed by atoms with E-state index in [0.717, 1.165) is 35.7 Å². The zero-order chi connectivity index (χ0) is 19.2. The summed E-state index contributed by atoms with van der Waals surface area (Å²) in [5.74, 6) is 0.682. The summed E-state index contributed by atoms with van der Waals surface area (Å²) in [6.45, 7) is 7.21. The Hall–Kier alpha value is -2.89. The third-order valence-corrected chi connectivity index (χ3v) is 4.42. The highest BCUT2D eigenvalue weighted by atomic mass is 16.5. The van der Waals surface area contributed by atoms with Crippen molar-refractivity contribution in [2.24, 2.45) is 0 Å². The minimum atomic E-state index is -0.178. The van der Waals surface area contributed by atoms with Crippen LogP contribution in [-0.4, -0.2) is 27.1 Å². The molecule has 6 nitrogen and oxygen atoms in total. The third kappa shape index (κ3) is 4.64. The third-order valence-electron chi connectivity index (χ3n) is 4.42. The number of aryl methyl sites for hydroxylation is 2. The molecule has 0 radical (unpaired) electrons. The van der Waals surface area contributed by atoms with Crippen molar-refractivity contribution in [2.45, 2.75) is 46.6 Å². The minimum Gasteiger partial charge on any atom is -0.494 e. The second kappa shape index (κ2) is 8.66. The van der Waals surface area contributed by atoms with Crippen molar-refractivity contribution in [2.75, 3.05) is 6.61 Å². The SMILES string of the molecule is CCCCCOc1ccc(CNC(=O)c2cnn3c(C)cc(C)nc23)cc1. The summed E-state index contributed by atoms with van der Waals surface area (Å²) in [4.78, 5) is 17.0. The molecule has 0 aliphatic carbocycles. The van der Waals surface area contributed by atoms with Gasteiger partial charge in [0.15, 0.2) is 5.65 Å². The fourth-order valence-corrected chi connectivity index (χ4v) is 2.95. The molecule has 0 aliphatic heterocycles. The van der Waals surface area contributed by atoms with Crippen molar-refractivity contribution in [1.82, 2.24) is 19.9 Å². The van der Waals surface area contributed by atoms with Gasteiger partial charge >= 0.3 is 0 Å². The highest BCUT2D eigenvalue weighted by molar-refractivity contribution is 5.99. The van der Waals surface area contributed by atoms with Crippen LogP contribution in [0.5, 0.6) is 5.75 Å². The number of ether oxygens (including phenoxy) is 1. The van der Waals surface area contributed by atoms with Gasteiger partial charge in [-0.25, -0.2) is 9.50 Å². The molecule has 0 atom stereocenters. The maximum atomic E-state index is 12.6. The van der Waals surface area contributed by atoms with Gasteiger partial charge in [-0.15, -0.1) is 0 Å². The first-order chi connectivity index (χ1) is 13.1. The summed E-state index contributed by atoms with van der Waals surface area (Å²) < 4.78 is 7.40. The van der Waals surface area contributed by atoms with Crippen LogP contribution in [0.25, 0.3) is 5.65 Å². The maximum Gasteiger partial charge on any atom is 0.257 e. The standard InChI is InChI=1S/C21H26N4O2/c1-4-5-6-11-27-18-9-7-17(8-10-18)13-22-21(26)19-14-23-25-16(3)12-15(2)24-20(19)25/h7-10,12,14H,4-6,11,13H2,1-3H3,(H,22,26). The molecule has 27 heavy (non-hydrogen) atoms. The van der Waals surface area contributed by atoms with Gasteiger partial charge in [-0.05, 0) is 44.0 Å². The number of amides is 1. The largest absolute Gasteiger partial charge is 0.494 e. The van der Waals surface area contributed by atoms with Crippen molar-refractivity contribution >= 4 is 11.6 Å². The van der Waals surface area contributed by atoms with E-state index in [1.165, 1.54) is 12.8 Å². The Labute approximate surface area is 159 Å². The number of nitrogens with zero attached hydrogens (tertiary/aromatic N) is 3. The molecule has 3 aromatic rings. The lowest BCUT2D eigenvalue weighted by Crippen LogP contribution is -2.22. The molecule has 1 N–H and O–H groups in total. The summed E-state index contributed by atoms with van der Waals surface area (Å²) in [6, 6.07) is 9.76. The van der Waals surface area contributed by atoms with Crippen molar-refractivity contribution < 1.29 is 9.53 Å². The number of unbranched alkanes of at least 4 members (excludes halogenated alkanes) is 2. The molecule has 0 saturated carbocycles. The van der Waals surface area contributed by atoms with E-state index in [-0.39, 0.29) is 5.91 Å². The molecule has 0 saturated heterocycles. The van der Waals surface area contributed by atoms with Gasteiger partial charge in [0.25, 0.3) is 5.91 Å². The highest BCUT2D eigenvalue weighted by Crippen LogP contribution is 2.14. The van der Waals surface area contributed by atoms with Crippen LogP contribution in [0.4, 0.5) is 0 Å². The topological polar surface area (TPSA) is 68.5 Å². The van der Waals surface area contributed by atoms with Gasteiger partial charge in [0.05, 0.1) is 12.8 Å². The van der Waals surface area contributed by atoms with Crippen molar-refractivity contribution in [3.63, 3.8) is 0 Å². The monoisotopic (exact) mass is 366 g/mol. The molecule has 2 heterocycles. The molecule has 0 spiro atoms. The predicted octanol–water partition coefficient (Wildman–Crippen LogP) is 3.85. The first kappa shape index (κ1) is 18.9. The van der Waals surface area contributed by atoms with Crippen LogP contribution in [-0.2, 0) is 6.54 Å². The molecular formula is C21H26N4O2. The summed E-state index contributed by atoms with van der Waals surface area (Å²) >= 11 is 0. The van der Waals surface area contributed by atoms with Gasteiger partial charge in [-0.3, -0.25) is 4.79 Å². The molecule has 0 aliphatic rings. The van der Waals surface area contributed by atoms with Gasteiger partial charge in [-0.1, -0.05) is 31.9 Å². The molecule has 1 amide bonds. The Balaban J connectivity index is 1.59. The Morgan fingerprint density at radius 3 is 2.70 bits per heavy atom.